The molecule has 0 saturated carbocycles. The number of ether oxygens (including phenoxy) is 1. The van der Waals surface area contributed by atoms with Crippen molar-refractivity contribution < 1.29 is 116 Å². The molecule has 24 nitrogen and oxygen atoms in total. The van der Waals surface area contributed by atoms with E-state index in [-0.39, 0.29) is 55.4 Å². The zero-order chi connectivity index (χ0) is 62.7. The van der Waals surface area contributed by atoms with Crippen LogP contribution in [0, 0.1) is 29.6 Å². The number of rotatable bonds is 40. The summed E-state index contributed by atoms with van der Waals surface area (Å²) in [6.07, 6.45) is -25.5. The Bertz CT molecular complexity index is 1920. The van der Waals surface area contributed by atoms with Gasteiger partial charge in [0.2, 0.25) is 0 Å². The lowest BCUT2D eigenvalue weighted by Crippen LogP contribution is -2.65. The quantitative estimate of drug-likeness (QED) is 0.0145. The normalized spacial score (nSPS) is 28.3. The molecule has 2 aliphatic heterocycles. The summed E-state index contributed by atoms with van der Waals surface area (Å²) >= 11 is 0. The highest BCUT2D eigenvalue weighted by Gasteiger charge is 2.54. The fourth-order valence-corrected chi connectivity index (χ4v) is 11.4. The Morgan fingerprint density at radius 2 is 1.04 bits per heavy atom. The standard InChI is InChI=1S/C58H107NO23/c1-9-10-11-12-13-14-15-16-17-35(60)27-58(81)56(79)55(78)53(76)46(82-58)26-44(69)52(75)54(77)51(74)43(68)24-38(63)22-36(61)21-37(62)23-39(64)32(5)49(72)33(6)40(65)25-41(66)34(7)50(73)42(67)20-30(3)18-29(2)19-31(4)48(71)47-45(70)28-59(8)57(47)80/h19,29-30,32-44,46,49-56,60-69,71-79,81H,9-18,20-28H2,1-8H3/b31-19+,48-47-/t29-,30+,32-,33-,34-,35+,36-,37+,38-,39+,40-,41+,42+,43-,44-,46?,49+,50+,51-,52+,53+,54+,55-,56-,58-/m0/s1. The molecule has 0 aliphatic carbocycles. The smallest absolute Gasteiger partial charge is 0.261 e. The molecule has 0 spiro atoms. The summed E-state index contributed by atoms with van der Waals surface area (Å²) in [5.74, 6) is -7.23. The van der Waals surface area contributed by atoms with E-state index in [9.17, 15) is 112 Å². The Balaban J connectivity index is 1.83. The average Bonchev–Trinajstić information content (AvgIpc) is 3.84. The van der Waals surface area contributed by atoms with Crippen LogP contribution in [0.3, 0.4) is 0 Å². The van der Waals surface area contributed by atoms with E-state index in [0.29, 0.717) is 18.4 Å². The van der Waals surface area contributed by atoms with Crippen molar-refractivity contribution in [1.29, 1.82) is 0 Å². The van der Waals surface area contributed by atoms with E-state index >= 15 is 0 Å². The molecule has 24 heteroatoms. The second-order valence-electron chi connectivity index (χ2n) is 24.6. The first-order chi connectivity index (χ1) is 38.1. The zero-order valence-electron chi connectivity index (χ0n) is 49.5. The van der Waals surface area contributed by atoms with Crippen LogP contribution in [0.1, 0.15) is 164 Å². The van der Waals surface area contributed by atoms with E-state index in [4.69, 9.17) is 4.74 Å². The topological polar surface area (TPSA) is 451 Å². The molecule has 2 rings (SSSR count). The molecule has 2 fully saturated rings. The minimum atomic E-state index is -2.59. The highest BCUT2D eigenvalue weighted by Crippen LogP contribution is 2.36. The summed E-state index contributed by atoms with van der Waals surface area (Å²) in [6.45, 7) is 11.7. The number of carbonyl (C=O) groups is 2. The second-order valence-corrected chi connectivity index (χ2v) is 24.6. The van der Waals surface area contributed by atoms with E-state index in [1.54, 1.807) is 13.0 Å². The molecule has 2 heterocycles. The van der Waals surface area contributed by atoms with Crippen LogP contribution in [0.2, 0.25) is 0 Å². The molecule has 1 unspecified atom stereocenters. The number of Topliss-reactive ketones (excluding diaryl/α,β-unsaturated/α-hetero) is 1. The van der Waals surface area contributed by atoms with E-state index < -0.39 is 183 Å². The first-order valence-corrected chi connectivity index (χ1v) is 29.7. The number of hydrogen-bond acceptors (Lipinski definition) is 23. The lowest BCUT2D eigenvalue weighted by Gasteiger charge is -2.47. The van der Waals surface area contributed by atoms with Gasteiger partial charge in [-0.3, -0.25) is 9.59 Å². The van der Waals surface area contributed by atoms with Gasteiger partial charge in [0.25, 0.3) is 5.91 Å². The highest BCUT2D eigenvalue weighted by molar-refractivity contribution is 6.25. The molecule has 482 valence electrons. The number of nitrogens with zero attached hydrogens (tertiary/aromatic N) is 1. The van der Waals surface area contributed by atoms with Crippen molar-refractivity contribution in [2.24, 2.45) is 29.6 Å². The Hall–Kier alpha value is -2.38. The molecule has 2 saturated heterocycles. The molecule has 0 bridgehead atoms. The first kappa shape index (κ1) is 75.7. The maximum atomic E-state index is 12.3. The highest BCUT2D eigenvalue weighted by atomic mass is 16.7. The molecule has 0 radical (unpaired) electrons. The van der Waals surface area contributed by atoms with Crippen LogP contribution in [0.5, 0.6) is 0 Å². The molecule has 0 aromatic carbocycles. The van der Waals surface area contributed by atoms with Crippen molar-refractivity contribution in [3.8, 4) is 0 Å². The van der Waals surface area contributed by atoms with Gasteiger partial charge >= 0.3 is 0 Å². The largest absolute Gasteiger partial charge is 0.507 e. The Morgan fingerprint density at radius 3 is 1.56 bits per heavy atom. The lowest BCUT2D eigenvalue weighted by atomic mass is 9.80. The van der Waals surface area contributed by atoms with Crippen LogP contribution in [-0.4, -0.2) is 254 Å². The Kier molecular flexibility index (Phi) is 33.3. The van der Waals surface area contributed by atoms with E-state index in [0.717, 1.165) is 38.5 Å². The number of unbranched alkanes of at least 4 members (excludes halogenated alkanes) is 7. The Labute approximate surface area is 483 Å². The van der Waals surface area contributed by atoms with Crippen LogP contribution >= 0.6 is 0 Å². The number of carbonyl (C=O) groups excluding carboxylic acids is 2. The van der Waals surface area contributed by atoms with E-state index in [1.165, 1.54) is 39.1 Å². The SMILES string of the molecule is CCCCCCCCCC[C@@H](O)C[C@]1(O)OC(C[C@H](O)[C@@H](O)[C@H](O)[C@@H](O)[C@@H](O)C[C@@H](O)C[C@@H](O)C[C@@H](O)C[C@@H](O)[C@H](C)[C@@H](O)[C@@H](C)[C@@H](O)C[C@@H](O)[C@H](C)[C@@H](O)[C@H](O)C[C@H](C)C[C@H](C)/C=C(C)/C(O)=C2\C(=O)CN(C)C2=O)[C@@H](O)[C@H](O)[C@@H]1O. The van der Waals surface area contributed by atoms with E-state index in [1.807, 2.05) is 13.8 Å². The summed E-state index contributed by atoms with van der Waals surface area (Å²) in [4.78, 5) is 25.8. The number of aliphatic hydroxyl groups excluding tert-OH is 19. The molecular formula is C58H107NO23. The fourth-order valence-electron chi connectivity index (χ4n) is 11.4. The molecule has 20 N–H and O–H groups in total. The van der Waals surface area contributed by atoms with Crippen molar-refractivity contribution in [3.05, 3.63) is 23.0 Å². The predicted molar refractivity (Wildman–Crippen MR) is 299 cm³/mol. The van der Waals surface area contributed by atoms with Gasteiger partial charge in [-0.2, -0.15) is 0 Å². The van der Waals surface area contributed by atoms with Crippen LogP contribution in [0.15, 0.2) is 23.0 Å². The predicted octanol–water partition coefficient (Wildman–Crippen LogP) is -1.41. The maximum absolute atomic E-state index is 12.3. The monoisotopic (exact) mass is 1190 g/mol. The number of ketones is 1. The number of likely N-dealkylation sites (tertiary alicyclic amines) is 1. The van der Waals surface area contributed by atoms with Crippen LogP contribution in [0.25, 0.3) is 0 Å². The van der Waals surface area contributed by atoms with Crippen LogP contribution in [0.4, 0.5) is 0 Å². The summed E-state index contributed by atoms with van der Waals surface area (Å²) in [5.41, 5.74) is 0.0812. The minimum Gasteiger partial charge on any atom is -0.507 e. The van der Waals surface area contributed by atoms with Gasteiger partial charge in [-0.15, -0.1) is 0 Å². The average molecular weight is 1190 g/mol. The van der Waals surface area contributed by atoms with Gasteiger partial charge in [0, 0.05) is 44.1 Å². The number of hydrogen-bond donors (Lipinski definition) is 20. The number of aliphatic hydroxyl groups is 20. The summed E-state index contributed by atoms with van der Waals surface area (Å²) < 4.78 is 5.50. The van der Waals surface area contributed by atoms with Gasteiger partial charge in [-0.05, 0) is 69.3 Å². The summed E-state index contributed by atoms with van der Waals surface area (Å²) in [5, 5.41) is 216. The van der Waals surface area contributed by atoms with Crippen LogP contribution in [-0.2, 0) is 14.3 Å². The maximum Gasteiger partial charge on any atom is 0.261 e. The van der Waals surface area contributed by atoms with E-state index in [2.05, 4.69) is 6.92 Å². The van der Waals surface area contributed by atoms with Crippen molar-refractivity contribution in [1.82, 2.24) is 4.90 Å². The van der Waals surface area contributed by atoms with Gasteiger partial charge in [-0.25, -0.2) is 0 Å². The molecule has 1 amide bonds. The van der Waals surface area contributed by atoms with Crippen molar-refractivity contribution in [3.63, 3.8) is 0 Å². The van der Waals surface area contributed by atoms with Gasteiger partial charge in [0.1, 0.15) is 48.0 Å². The van der Waals surface area contributed by atoms with Crippen molar-refractivity contribution in [2.75, 3.05) is 13.6 Å². The summed E-state index contributed by atoms with van der Waals surface area (Å²) in [6, 6.07) is 0. The molecular weight excluding hydrogens is 1080 g/mol. The Morgan fingerprint density at radius 1 is 0.573 bits per heavy atom. The first-order valence-electron chi connectivity index (χ1n) is 29.7. The molecule has 25 atom stereocenters. The van der Waals surface area contributed by atoms with Crippen molar-refractivity contribution >= 4 is 11.7 Å². The van der Waals surface area contributed by atoms with Gasteiger partial charge < -0.3 is 112 Å². The number of likely N-dealkylation sites (N-methyl/N-ethyl adjacent to an activating group) is 1. The number of allylic oxidation sites excluding steroid dienone is 2. The third-order valence-corrected chi connectivity index (χ3v) is 17.0. The number of amides is 1. The molecule has 0 aromatic heterocycles. The fraction of sp³-hybridized carbons (Fsp3) is 0.897. The van der Waals surface area contributed by atoms with Crippen LogP contribution < -0.4 is 0 Å². The zero-order valence-corrected chi connectivity index (χ0v) is 49.5. The van der Waals surface area contributed by atoms with Gasteiger partial charge in [0.05, 0.1) is 85.9 Å². The molecule has 2 aliphatic rings. The third kappa shape index (κ3) is 23.4. The lowest BCUT2D eigenvalue weighted by molar-refractivity contribution is -0.356. The minimum absolute atomic E-state index is 0.120. The molecule has 82 heavy (non-hydrogen) atoms. The molecule has 0 aromatic rings. The summed E-state index contributed by atoms with van der Waals surface area (Å²) in [7, 11) is 1.46. The van der Waals surface area contributed by atoms with Gasteiger partial charge in [-0.1, -0.05) is 99.0 Å². The van der Waals surface area contributed by atoms with Gasteiger partial charge in [0.15, 0.2) is 11.6 Å². The second kappa shape index (κ2) is 36.1. The van der Waals surface area contributed by atoms with Crippen molar-refractivity contribution in [2.45, 2.75) is 286 Å². The third-order valence-electron chi connectivity index (χ3n) is 17.0.